The molecule has 2 aliphatic rings. The minimum Gasteiger partial charge on any atom is -0.494 e. The maximum atomic E-state index is 13.8. The third kappa shape index (κ3) is 3.08. The van der Waals surface area contributed by atoms with Crippen molar-refractivity contribution in [3.8, 4) is 5.75 Å². The zero-order valence-electron chi connectivity index (χ0n) is 15.3. The van der Waals surface area contributed by atoms with Crippen LogP contribution in [0, 0.1) is 17.2 Å². The second kappa shape index (κ2) is 7.09. The maximum Gasteiger partial charge on any atom is 0.231 e. The summed E-state index contributed by atoms with van der Waals surface area (Å²) in [5, 5.41) is 0. The summed E-state index contributed by atoms with van der Waals surface area (Å²) >= 11 is 0. The number of rotatable bonds is 5. The molecular weight excluding hydrogens is 335 g/mol. The molecule has 2 heterocycles. The summed E-state index contributed by atoms with van der Waals surface area (Å²) in [6.07, 6.45) is 2.62. The number of carbonyl (C=O) groups excluding carboxylic acids is 2. The van der Waals surface area contributed by atoms with Crippen LogP contribution >= 0.6 is 0 Å². The van der Waals surface area contributed by atoms with Crippen LogP contribution in [0.15, 0.2) is 30.9 Å². The molecule has 2 saturated heterocycles. The molecule has 5 nitrogen and oxygen atoms in total. The van der Waals surface area contributed by atoms with E-state index in [1.54, 1.807) is 17.0 Å². The van der Waals surface area contributed by atoms with Gasteiger partial charge in [0.15, 0.2) is 11.6 Å². The van der Waals surface area contributed by atoms with Gasteiger partial charge >= 0.3 is 0 Å². The van der Waals surface area contributed by atoms with Crippen molar-refractivity contribution < 1.29 is 18.7 Å². The lowest BCUT2D eigenvalue weighted by Gasteiger charge is -2.26. The fraction of sp³-hybridized carbons (Fsp3) is 0.500. The Bertz CT molecular complexity index is 736. The Kier molecular flexibility index (Phi) is 5.03. The molecule has 0 saturated carbocycles. The summed E-state index contributed by atoms with van der Waals surface area (Å²) in [6, 6.07) is 4.56. The van der Waals surface area contributed by atoms with Gasteiger partial charge in [-0.2, -0.15) is 0 Å². The van der Waals surface area contributed by atoms with E-state index in [1.807, 2.05) is 11.8 Å². The summed E-state index contributed by atoms with van der Waals surface area (Å²) < 4.78 is 18.7. The van der Waals surface area contributed by atoms with Gasteiger partial charge < -0.3 is 14.5 Å². The molecule has 1 aromatic rings. The Labute approximate surface area is 153 Å². The highest BCUT2D eigenvalue weighted by atomic mass is 19.1. The van der Waals surface area contributed by atoms with Crippen molar-refractivity contribution in [1.82, 2.24) is 9.80 Å². The number of ether oxygens (including phenoxy) is 1. The molecule has 1 spiro atoms. The Morgan fingerprint density at radius 3 is 2.92 bits per heavy atom. The van der Waals surface area contributed by atoms with Gasteiger partial charge in [-0.05, 0) is 30.0 Å². The molecule has 1 aromatic carbocycles. The Balaban J connectivity index is 1.69. The zero-order chi connectivity index (χ0) is 18.9. The monoisotopic (exact) mass is 360 g/mol. The van der Waals surface area contributed by atoms with E-state index in [-0.39, 0.29) is 29.9 Å². The van der Waals surface area contributed by atoms with Crippen molar-refractivity contribution in [2.45, 2.75) is 19.8 Å². The van der Waals surface area contributed by atoms with E-state index < -0.39 is 11.2 Å². The van der Waals surface area contributed by atoms with E-state index >= 15 is 0 Å². The second-order valence-electron chi connectivity index (χ2n) is 7.27. The third-order valence-electron chi connectivity index (χ3n) is 5.73. The number of likely N-dealkylation sites (tertiary alicyclic amines) is 2. The van der Waals surface area contributed by atoms with Crippen molar-refractivity contribution in [3.63, 3.8) is 0 Å². The number of benzene rings is 1. The largest absolute Gasteiger partial charge is 0.494 e. The average molecular weight is 360 g/mol. The van der Waals surface area contributed by atoms with Crippen LogP contribution in [0.25, 0.3) is 0 Å². The first-order chi connectivity index (χ1) is 12.4. The van der Waals surface area contributed by atoms with Crippen molar-refractivity contribution in [3.05, 3.63) is 42.2 Å². The van der Waals surface area contributed by atoms with Crippen LogP contribution in [0.2, 0.25) is 0 Å². The summed E-state index contributed by atoms with van der Waals surface area (Å²) in [5.41, 5.74) is 0.122. The van der Waals surface area contributed by atoms with Gasteiger partial charge in [-0.1, -0.05) is 19.1 Å². The van der Waals surface area contributed by atoms with Gasteiger partial charge in [0.05, 0.1) is 18.9 Å². The highest BCUT2D eigenvalue weighted by Gasteiger charge is 2.55. The topological polar surface area (TPSA) is 49.9 Å². The molecule has 2 aliphatic heterocycles. The molecule has 0 aliphatic carbocycles. The molecule has 0 bridgehead atoms. The Morgan fingerprint density at radius 2 is 2.27 bits per heavy atom. The van der Waals surface area contributed by atoms with Crippen LogP contribution in [0.4, 0.5) is 4.39 Å². The fourth-order valence-electron chi connectivity index (χ4n) is 4.15. The first-order valence-electron chi connectivity index (χ1n) is 8.91. The van der Waals surface area contributed by atoms with E-state index in [0.29, 0.717) is 31.7 Å². The molecule has 2 fully saturated rings. The van der Waals surface area contributed by atoms with Gasteiger partial charge in [0.25, 0.3) is 0 Å². The number of halogens is 1. The highest BCUT2D eigenvalue weighted by Crippen LogP contribution is 2.44. The molecule has 3 rings (SSSR count). The number of hydrogen-bond acceptors (Lipinski definition) is 3. The van der Waals surface area contributed by atoms with Gasteiger partial charge in [-0.3, -0.25) is 9.59 Å². The van der Waals surface area contributed by atoms with Gasteiger partial charge in [0, 0.05) is 26.2 Å². The smallest absolute Gasteiger partial charge is 0.231 e. The van der Waals surface area contributed by atoms with Crippen molar-refractivity contribution >= 4 is 11.8 Å². The molecule has 26 heavy (non-hydrogen) atoms. The predicted molar refractivity (Wildman–Crippen MR) is 96.2 cm³/mol. The second-order valence-corrected chi connectivity index (χ2v) is 7.27. The highest BCUT2D eigenvalue weighted by molar-refractivity contribution is 5.88. The molecule has 6 heteroatoms. The van der Waals surface area contributed by atoms with E-state index in [2.05, 4.69) is 6.58 Å². The number of hydrogen-bond donors (Lipinski definition) is 0. The molecule has 0 N–H and O–H groups in total. The first kappa shape index (κ1) is 18.4. The van der Waals surface area contributed by atoms with Crippen molar-refractivity contribution in [2.24, 2.45) is 11.3 Å². The Hall–Kier alpha value is -2.37. The molecule has 140 valence electrons. The summed E-state index contributed by atoms with van der Waals surface area (Å²) in [7, 11) is 1.41. The molecular formula is C20H25FN2O3. The van der Waals surface area contributed by atoms with E-state index in [9.17, 15) is 14.0 Å². The fourth-order valence-corrected chi connectivity index (χ4v) is 4.15. The van der Waals surface area contributed by atoms with Gasteiger partial charge in [0.1, 0.15) is 0 Å². The average Bonchev–Trinajstić information content (AvgIpc) is 3.11. The SMILES string of the molecule is C=CCN1CC[C@]2(CN(C(=O)Cc3ccc(OC)c(F)c3)C[C@H]2C)C1=O. The van der Waals surface area contributed by atoms with Crippen LogP contribution in [-0.4, -0.2) is 54.9 Å². The van der Waals surface area contributed by atoms with Crippen LogP contribution in [0.1, 0.15) is 18.9 Å². The predicted octanol–water partition coefficient (Wildman–Crippen LogP) is 2.26. The summed E-state index contributed by atoms with van der Waals surface area (Å²) in [4.78, 5) is 29.1. The number of amides is 2. The maximum absolute atomic E-state index is 13.8. The minimum absolute atomic E-state index is 0.0757. The van der Waals surface area contributed by atoms with Crippen molar-refractivity contribution in [2.75, 3.05) is 33.3 Å². The van der Waals surface area contributed by atoms with Crippen LogP contribution in [0.5, 0.6) is 5.75 Å². The molecule has 0 aromatic heterocycles. The minimum atomic E-state index is -0.482. The first-order valence-corrected chi connectivity index (χ1v) is 8.91. The lowest BCUT2D eigenvalue weighted by molar-refractivity contribution is -0.137. The molecule has 0 radical (unpaired) electrons. The van der Waals surface area contributed by atoms with Crippen LogP contribution < -0.4 is 4.74 Å². The van der Waals surface area contributed by atoms with Crippen molar-refractivity contribution in [1.29, 1.82) is 0 Å². The molecule has 2 atom stereocenters. The quantitative estimate of drug-likeness (QED) is 0.757. The summed E-state index contributed by atoms with van der Waals surface area (Å²) in [6.45, 7) is 8.00. The van der Waals surface area contributed by atoms with Gasteiger partial charge in [-0.15, -0.1) is 6.58 Å². The van der Waals surface area contributed by atoms with Crippen LogP contribution in [0.3, 0.4) is 0 Å². The summed E-state index contributed by atoms with van der Waals surface area (Å²) in [5.74, 6) is -0.158. The lowest BCUT2D eigenvalue weighted by Crippen LogP contribution is -2.40. The van der Waals surface area contributed by atoms with Gasteiger partial charge in [0.2, 0.25) is 11.8 Å². The van der Waals surface area contributed by atoms with E-state index in [0.717, 1.165) is 6.42 Å². The number of methoxy groups -OCH3 is 1. The van der Waals surface area contributed by atoms with Crippen LogP contribution in [-0.2, 0) is 16.0 Å². The van der Waals surface area contributed by atoms with Gasteiger partial charge in [-0.25, -0.2) is 4.39 Å². The number of carbonyl (C=O) groups is 2. The third-order valence-corrected chi connectivity index (χ3v) is 5.73. The lowest BCUT2D eigenvalue weighted by atomic mass is 9.78. The van der Waals surface area contributed by atoms with E-state index in [1.165, 1.54) is 19.2 Å². The Morgan fingerprint density at radius 1 is 1.50 bits per heavy atom. The molecule has 0 unspecified atom stereocenters. The van der Waals surface area contributed by atoms with E-state index in [4.69, 9.17) is 4.74 Å². The number of nitrogens with zero attached hydrogens (tertiary/aromatic N) is 2. The standard InChI is InChI=1S/C20H25FN2O3/c1-4-8-22-9-7-20(19(22)25)13-23(12-14(20)2)18(24)11-15-5-6-17(26-3)16(21)10-15/h4-6,10,14H,1,7-9,11-13H2,2-3H3/t14-,20-/m1/s1. The normalized spacial score (nSPS) is 25.2. The zero-order valence-corrected chi connectivity index (χ0v) is 15.3. The molecule has 2 amide bonds.